The summed E-state index contributed by atoms with van der Waals surface area (Å²) in [4.78, 5) is 12.6. The summed E-state index contributed by atoms with van der Waals surface area (Å²) in [5, 5.41) is 7.35. The summed E-state index contributed by atoms with van der Waals surface area (Å²) >= 11 is 0. The predicted octanol–water partition coefficient (Wildman–Crippen LogP) is 2.96. The van der Waals surface area contributed by atoms with Gasteiger partial charge in [-0.05, 0) is 43.7 Å². The van der Waals surface area contributed by atoms with E-state index >= 15 is 0 Å². The van der Waals surface area contributed by atoms with Crippen LogP contribution >= 0.6 is 0 Å². The molecule has 0 unspecified atom stereocenters. The molecule has 0 aliphatic heterocycles. The zero-order valence-electron chi connectivity index (χ0n) is 21.0. The van der Waals surface area contributed by atoms with Crippen molar-refractivity contribution in [2.24, 2.45) is 0 Å². The number of aromatic nitrogens is 6. The molecule has 3 aromatic heterocycles. The highest BCUT2D eigenvalue weighted by Crippen LogP contribution is 2.38. The molecule has 0 saturated carbocycles. The van der Waals surface area contributed by atoms with Gasteiger partial charge >= 0.3 is 0 Å². The van der Waals surface area contributed by atoms with E-state index in [0.29, 0.717) is 28.6 Å². The van der Waals surface area contributed by atoms with Crippen molar-refractivity contribution in [1.82, 2.24) is 29.7 Å². The van der Waals surface area contributed by atoms with Crippen molar-refractivity contribution in [1.29, 1.82) is 0 Å². The van der Waals surface area contributed by atoms with Gasteiger partial charge in [0, 0.05) is 37.5 Å². The molecule has 2 atom stereocenters. The summed E-state index contributed by atoms with van der Waals surface area (Å²) in [7, 11) is 0.314. The molecular weight excluding hydrogens is 498 g/mol. The van der Waals surface area contributed by atoms with E-state index in [4.69, 9.17) is 14.2 Å². The number of hydrogen-bond donors (Lipinski definition) is 1. The number of rotatable bonds is 10. The molecule has 12 nitrogen and oxygen atoms in total. The quantitative estimate of drug-likeness (QED) is 0.328. The van der Waals surface area contributed by atoms with Crippen molar-refractivity contribution < 1.29 is 22.6 Å². The topological polar surface area (TPSA) is 143 Å². The molecule has 0 fully saturated rings. The van der Waals surface area contributed by atoms with Gasteiger partial charge in [0.05, 0.1) is 14.2 Å². The minimum atomic E-state index is -4.10. The van der Waals surface area contributed by atoms with Crippen LogP contribution in [0.2, 0.25) is 0 Å². The van der Waals surface area contributed by atoms with Gasteiger partial charge in [0.1, 0.15) is 28.5 Å². The van der Waals surface area contributed by atoms with Gasteiger partial charge in [0.2, 0.25) is 16.0 Å². The van der Waals surface area contributed by atoms with Gasteiger partial charge in [-0.3, -0.25) is 14.3 Å². The van der Waals surface area contributed by atoms with Gasteiger partial charge in [-0.2, -0.15) is 0 Å². The molecule has 0 aliphatic rings. The maximum Gasteiger partial charge on any atom is 0.243 e. The number of aryl methyl sites for hydroxylation is 1. The Hall–Kier alpha value is -4.10. The molecule has 0 spiro atoms. The Bertz CT molecular complexity index is 1440. The molecule has 0 bridgehead atoms. The third kappa shape index (κ3) is 5.22. The lowest BCUT2D eigenvalue weighted by Crippen LogP contribution is -2.33. The maximum absolute atomic E-state index is 13.6. The Labute approximate surface area is 214 Å². The van der Waals surface area contributed by atoms with Crippen LogP contribution in [0.3, 0.4) is 0 Å². The standard InChI is InChI=1S/C24H27N7O5S/c1-15-12-26-22(27-13-15)21(36-5)16(2)37(32,33)30-24-29-28-23(17-8-7-11-25-14-17)31(24)20-18(34-3)9-6-10-19(20)35-4/h6-14,16,21H,1-5H3,(H,29,30)/t16-,21-/m0/s1. The predicted molar refractivity (Wildman–Crippen MR) is 136 cm³/mol. The van der Waals surface area contributed by atoms with Crippen LogP contribution < -0.4 is 14.2 Å². The molecule has 13 heteroatoms. The Morgan fingerprint density at radius 2 is 1.62 bits per heavy atom. The van der Waals surface area contributed by atoms with Crippen molar-refractivity contribution in [3.63, 3.8) is 0 Å². The highest BCUT2D eigenvalue weighted by Gasteiger charge is 2.35. The normalized spacial score (nSPS) is 13.1. The summed E-state index contributed by atoms with van der Waals surface area (Å²) in [5.74, 6) is 1.33. The lowest BCUT2D eigenvalue weighted by atomic mass is 10.2. The number of methoxy groups -OCH3 is 3. The van der Waals surface area contributed by atoms with E-state index < -0.39 is 21.4 Å². The number of hydrogen-bond acceptors (Lipinski definition) is 10. The van der Waals surface area contributed by atoms with Gasteiger partial charge in [-0.25, -0.2) is 18.4 Å². The lowest BCUT2D eigenvalue weighted by Gasteiger charge is -2.23. The first kappa shape index (κ1) is 26.0. The Morgan fingerprint density at radius 3 is 2.19 bits per heavy atom. The zero-order chi connectivity index (χ0) is 26.6. The van der Waals surface area contributed by atoms with E-state index in [0.717, 1.165) is 5.56 Å². The van der Waals surface area contributed by atoms with Crippen molar-refractivity contribution in [3.8, 4) is 28.6 Å². The fourth-order valence-electron chi connectivity index (χ4n) is 3.74. The fraction of sp³-hybridized carbons (Fsp3) is 0.292. The second kappa shape index (κ2) is 10.9. The first-order valence-electron chi connectivity index (χ1n) is 11.2. The van der Waals surface area contributed by atoms with Gasteiger partial charge in [0.15, 0.2) is 11.6 Å². The summed E-state index contributed by atoms with van der Waals surface area (Å²) in [6, 6.07) is 8.73. The molecule has 0 amide bonds. The molecule has 1 aromatic carbocycles. The molecular formula is C24H27N7O5S. The van der Waals surface area contributed by atoms with Gasteiger partial charge in [-0.1, -0.05) is 6.07 Å². The van der Waals surface area contributed by atoms with E-state index in [2.05, 4.69) is 29.9 Å². The SMILES string of the molecule is COc1cccc(OC)c1-n1c(NS(=O)(=O)[C@@H](C)[C@H](OC)c2ncc(C)cn2)nnc1-c1cccnc1. The minimum Gasteiger partial charge on any atom is -0.494 e. The second-order valence-corrected chi connectivity index (χ2v) is 10.1. The van der Waals surface area contributed by atoms with Crippen LogP contribution in [0.15, 0.2) is 55.1 Å². The summed E-state index contributed by atoms with van der Waals surface area (Å²) in [6.45, 7) is 3.35. The van der Waals surface area contributed by atoms with Crippen LogP contribution in [0.4, 0.5) is 5.95 Å². The van der Waals surface area contributed by atoms with Crippen LogP contribution in [0, 0.1) is 6.92 Å². The number of ether oxygens (including phenoxy) is 3. The molecule has 194 valence electrons. The average Bonchev–Trinajstić information content (AvgIpc) is 3.32. The summed E-state index contributed by atoms with van der Waals surface area (Å²) in [6.07, 6.45) is 5.49. The van der Waals surface area contributed by atoms with E-state index in [1.54, 1.807) is 55.1 Å². The van der Waals surface area contributed by atoms with Crippen molar-refractivity contribution in [2.45, 2.75) is 25.2 Å². The van der Waals surface area contributed by atoms with E-state index in [1.807, 2.05) is 6.92 Å². The first-order valence-corrected chi connectivity index (χ1v) is 12.8. The molecule has 0 radical (unpaired) electrons. The number of benzene rings is 1. The Kier molecular flexibility index (Phi) is 7.64. The maximum atomic E-state index is 13.6. The van der Waals surface area contributed by atoms with Crippen molar-refractivity contribution >= 4 is 16.0 Å². The fourth-order valence-corrected chi connectivity index (χ4v) is 4.87. The molecule has 0 saturated heterocycles. The molecule has 0 aliphatic carbocycles. The highest BCUT2D eigenvalue weighted by atomic mass is 32.2. The van der Waals surface area contributed by atoms with Crippen LogP contribution in [-0.2, 0) is 14.8 Å². The van der Waals surface area contributed by atoms with Crippen molar-refractivity contribution in [3.05, 3.63) is 66.5 Å². The zero-order valence-corrected chi connectivity index (χ0v) is 21.8. The number of pyridine rings is 1. The Balaban J connectivity index is 1.83. The molecule has 37 heavy (non-hydrogen) atoms. The van der Waals surface area contributed by atoms with Gasteiger partial charge in [-0.15, -0.1) is 10.2 Å². The number of sulfonamides is 1. The minimum absolute atomic E-state index is 0.0758. The molecule has 3 heterocycles. The summed E-state index contributed by atoms with van der Waals surface area (Å²) < 4.78 is 47.9. The molecule has 1 N–H and O–H groups in total. The largest absolute Gasteiger partial charge is 0.494 e. The van der Waals surface area contributed by atoms with E-state index in [1.165, 1.54) is 32.8 Å². The van der Waals surface area contributed by atoms with Crippen LogP contribution in [0.1, 0.15) is 24.4 Å². The van der Waals surface area contributed by atoms with Gasteiger partial charge < -0.3 is 14.2 Å². The van der Waals surface area contributed by atoms with Crippen LogP contribution in [0.5, 0.6) is 11.5 Å². The highest BCUT2D eigenvalue weighted by molar-refractivity contribution is 7.93. The van der Waals surface area contributed by atoms with Gasteiger partial charge in [0.25, 0.3) is 0 Å². The third-order valence-electron chi connectivity index (χ3n) is 5.67. The number of para-hydroxylation sites is 1. The first-order chi connectivity index (χ1) is 17.8. The summed E-state index contributed by atoms with van der Waals surface area (Å²) in [5.41, 5.74) is 1.85. The van der Waals surface area contributed by atoms with Crippen LogP contribution in [0.25, 0.3) is 17.1 Å². The van der Waals surface area contributed by atoms with E-state index in [-0.39, 0.29) is 11.8 Å². The monoisotopic (exact) mass is 525 g/mol. The lowest BCUT2D eigenvalue weighted by molar-refractivity contribution is 0.0949. The Morgan fingerprint density at radius 1 is 0.946 bits per heavy atom. The van der Waals surface area contributed by atoms with Crippen molar-refractivity contribution in [2.75, 3.05) is 26.1 Å². The van der Waals surface area contributed by atoms with E-state index in [9.17, 15) is 8.42 Å². The number of anilines is 1. The number of nitrogens with zero attached hydrogens (tertiary/aromatic N) is 6. The molecule has 4 aromatic rings. The third-order valence-corrected chi connectivity index (χ3v) is 7.36. The average molecular weight is 526 g/mol. The number of nitrogens with one attached hydrogen (secondary N) is 1. The molecule has 4 rings (SSSR count). The smallest absolute Gasteiger partial charge is 0.243 e. The van der Waals surface area contributed by atoms with Crippen LogP contribution in [-0.4, -0.2) is 64.7 Å². The second-order valence-electron chi connectivity index (χ2n) is 8.06.